The van der Waals surface area contributed by atoms with Crippen LogP contribution in [0.5, 0.6) is 0 Å². The second-order valence-corrected chi connectivity index (χ2v) is 4.55. The number of amides is 1. The topological polar surface area (TPSA) is 54.0 Å². The number of thiazole rings is 1. The first-order valence-corrected chi connectivity index (χ1v) is 4.86. The Morgan fingerprint density at radius 1 is 1.67 bits per heavy atom. The van der Waals surface area contributed by atoms with Gasteiger partial charge in [-0.15, -0.1) is 11.3 Å². The summed E-state index contributed by atoms with van der Waals surface area (Å²) in [6.45, 7) is 1.85. The van der Waals surface area contributed by atoms with Crippen LogP contribution in [0.1, 0.15) is 15.4 Å². The fourth-order valence-corrected chi connectivity index (χ4v) is 2.28. The molecule has 2 N–H and O–H groups in total. The number of hydrazine groups is 1. The highest BCUT2D eigenvalue weighted by Crippen LogP contribution is 2.21. The molecule has 0 aliphatic carbocycles. The quantitative estimate of drug-likeness (QED) is 0.772. The lowest BCUT2D eigenvalue weighted by atomic mass is 10.4. The van der Waals surface area contributed by atoms with E-state index in [1.807, 2.05) is 6.92 Å². The van der Waals surface area contributed by atoms with Gasteiger partial charge in [-0.2, -0.15) is 0 Å². The molecule has 12 heavy (non-hydrogen) atoms. The van der Waals surface area contributed by atoms with E-state index in [0.717, 1.165) is 8.79 Å². The van der Waals surface area contributed by atoms with Crippen LogP contribution in [0.3, 0.4) is 0 Å². The zero-order valence-electron chi connectivity index (χ0n) is 6.64. The van der Waals surface area contributed by atoms with Crippen LogP contribution in [0.15, 0.2) is 3.92 Å². The number of hydrogen-bond acceptors (Lipinski definition) is 4. The van der Waals surface area contributed by atoms with Crippen LogP contribution in [-0.4, -0.2) is 17.9 Å². The van der Waals surface area contributed by atoms with Gasteiger partial charge in [0.05, 0.1) is 0 Å². The lowest BCUT2D eigenvalue weighted by Gasteiger charge is -1.99. The van der Waals surface area contributed by atoms with Crippen LogP contribution in [-0.2, 0) is 0 Å². The third-order valence-electron chi connectivity index (χ3n) is 1.22. The van der Waals surface area contributed by atoms with Crippen LogP contribution in [0.25, 0.3) is 0 Å². The number of aryl methyl sites for hydroxylation is 1. The van der Waals surface area contributed by atoms with Crippen molar-refractivity contribution in [2.24, 2.45) is 0 Å². The van der Waals surface area contributed by atoms with Gasteiger partial charge in [-0.1, -0.05) is 0 Å². The summed E-state index contributed by atoms with van der Waals surface area (Å²) < 4.78 is 0.723. The van der Waals surface area contributed by atoms with Gasteiger partial charge >= 0.3 is 0 Å². The standard InChI is InChI=1S/C6H8BrN3OS/c1-3-4(5(11)10-8-2)9-6(7)12-3/h8H,1-2H3,(H,10,11). The molecule has 1 amide bonds. The van der Waals surface area contributed by atoms with Crippen molar-refractivity contribution in [2.45, 2.75) is 6.92 Å². The van der Waals surface area contributed by atoms with E-state index < -0.39 is 0 Å². The summed E-state index contributed by atoms with van der Waals surface area (Å²) in [5, 5.41) is 0. The number of rotatable bonds is 2. The molecule has 0 saturated carbocycles. The molecule has 6 heteroatoms. The van der Waals surface area contributed by atoms with Crippen molar-refractivity contribution in [3.63, 3.8) is 0 Å². The summed E-state index contributed by atoms with van der Waals surface area (Å²) in [7, 11) is 1.63. The van der Waals surface area contributed by atoms with Crippen LogP contribution >= 0.6 is 27.3 Å². The molecule has 4 nitrogen and oxygen atoms in total. The first kappa shape index (κ1) is 9.63. The molecule has 1 rings (SSSR count). The maximum absolute atomic E-state index is 11.2. The van der Waals surface area contributed by atoms with Crippen LogP contribution in [0, 0.1) is 6.92 Å². The van der Waals surface area contributed by atoms with Crippen LogP contribution in [0.4, 0.5) is 0 Å². The molecule has 1 heterocycles. The van der Waals surface area contributed by atoms with Gasteiger partial charge in [0.25, 0.3) is 5.91 Å². The third-order valence-corrected chi connectivity index (χ3v) is 2.65. The van der Waals surface area contributed by atoms with E-state index in [4.69, 9.17) is 0 Å². The Balaban J connectivity index is 2.87. The molecule has 0 aliphatic rings. The lowest BCUT2D eigenvalue weighted by molar-refractivity contribution is 0.0933. The smallest absolute Gasteiger partial charge is 0.285 e. The summed E-state index contributed by atoms with van der Waals surface area (Å²) in [6, 6.07) is 0. The van der Waals surface area contributed by atoms with E-state index in [1.54, 1.807) is 7.05 Å². The molecule has 0 radical (unpaired) electrons. The predicted molar refractivity (Wildman–Crippen MR) is 51.1 cm³/mol. The van der Waals surface area contributed by atoms with E-state index in [9.17, 15) is 4.79 Å². The molecule has 1 aromatic heterocycles. The molecule has 0 spiro atoms. The highest BCUT2D eigenvalue weighted by Gasteiger charge is 2.12. The van der Waals surface area contributed by atoms with Crippen molar-refractivity contribution in [1.82, 2.24) is 15.8 Å². The number of nitrogens with one attached hydrogen (secondary N) is 2. The van der Waals surface area contributed by atoms with Crippen molar-refractivity contribution in [2.75, 3.05) is 7.05 Å². The molecular weight excluding hydrogens is 242 g/mol. The summed E-state index contributed by atoms with van der Waals surface area (Å²) in [5.74, 6) is -0.211. The maximum Gasteiger partial charge on any atom is 0.285 e. The normalized spacial score (nSPS) is 9.92. The fraction of sp³-hybridized carbons (Fsp3) is 0.333. The molecular formula is C6H8BrN3OS. The summed E-state index contributed by atoms with van der Waals surface area (Å²) in [5.41, 5.74) is 5.46. The largest absolute Gasteiger partial charge is 0.286 e. The minimum absolute atomic E-state index is 0.211. The minimum Gasteiger partial charge on any atom is -0.286 e. The van der Waals surface area contributed by atoms with Crippen LogP contribution < -0.4 is 10.9 Å². The molecule has 0 fully saturated rings. The number of hydrogen-bond donors (Lipinski definition) is 2. The highest BCUT2D eigenvalue weighted by molar-refractivity contribution is 9.11. The van der Waals surface area contributed by atoms with Gasteiger partial charge in [0.2, 0.25) is 0 Å². The zero-order valence-corrected chi connectivity index (χ0v) is 9.04. The van der Waals surface area contributed by atoms with Crippen LogP contribution in [0.2, 0.25) is 0 Å². The Morgan fingerprint density at radius 3 is 2.75 bits per heavy atom. The number of nitrogens with zero attached hydrogens (tertiary/aromatic N) is 1. The van der Waals surface area contributed by atoms with Gasteiger partial charge in [-0.25, -0.2) is 10.4 Å². The Morgan fingerprint density at radius 2 is 2.33 bits per heavy atom. The molecule has 0 atom stereocenters. The number of carbonyl (C=O) groups excluding carboxylic acids is 1. The average molecular weight is 250 g/mol. The van der Waals surface area contributed by atoms with E-state index >= 15 is 0 Å². The second-order valence-electron chi connectivity index (χ2n) is 2.08. The highest BCUT2D eigenvalue weighted by atomic mass is 79.9. The van der Waals surface area contributed by atoms with Gasteiger partial charge in [0.15, 0.2) is 3.92 Å². The van der Waals surface area contributed by atoms with E-state index in [0.29, 0.717) is 5.69 Å². The van der Waals surface area contributed by atoms with Gasteiger partial charge in [-0.3, -0.25) is 10.2 Å². The van der Waals surface area contributed by atoms with E-state index in [-0.39, 0.29) is 5.91 Å². The Labute approximate surface area is 82.5 Å². The zero-order chi connectivity index (χ0) is 9.14. The molecule has 0 bridgehead atoms. The molecule has 0 saturated heterocycles. The van der Waals surface area contributed by atoms with Crippen molar-refractivity contribution in [3.8, 4) is 0 Å². The predicted octanol–water partition coefficient (Wildman–Crippen LogP) is 1.08. The average Bonchev–Trinajstić information content (AvgIpc) is 2.30. The van der Waals surface area contributed by atoms with Crippen molar-refractivity contribution < 1.29 is 4.79 Å². The van der Waals surface area contributed by atoms with Crippen molar-refractivity contribution in [3.05, 3.63) is 14.5 Å². The summed E-state index contributed by atoms with van der Waals surface area (Å²) >= 11 is 4.65. The van der Waals surface area contributed by atoms with Crippen molar-refractivity contribution >= 4 is 33.2 Å². The minimum atomic E-state index is -0.211. The van der Waals surface area contributed by atoms with E-state index in [1.165, 1.54) is 11.3 Å². The second kappa shape index (κ2) is 3.97. The Kier molecular flexibility index (Phi) is 3.19. The van der Waals surface area contributed by atoms with Gasteiger partial charge in [-0.05, 0) is 22.9 Å². The number of carbonyl (C=O) groups is 1. The van der Waals surface area contributed by atoms with Gasteiger partial charge in [0.1, 0.15) is 5.69 Å². The lowest BCUT2D eigenvalue weighted by Crippen LogP contribution is -2.34. The molecule has 66 valence electrons. The summed E-state index contributed by atoms with van der Waals surface area (Å²) in [4.78, 5) is 16.1. The Bertz CT molecular complexity index is 299. The number of aromatic nitrogens is 1. The molecule has 0 unspecified atom stereocenters. The van der Waals surface area contributed by atoms with Gasteiger partial charge in [0, 0.05) is 11.9 Å². The first-order valence-electron chi connectivity index (χ1n) is 3.25. The van der Waals surface area contributed by atoms with Crippen molar-refractivity contribution in [1.29, 1.82) is 0 Å². The number of halogens is 1. The Hall–Kier alpha value is -0.460. The summed E-state index contributed by atoms with van der Waals surface area (Å²) in [6.07, 6.45) is 0. The SMILES string of the molecule is CNNC(=O)c1nc(Br)sc1C. The maximum atomic E-state index is 11.2. The fourth-order valence-electron chi connectivity index (χ4n) is 0.747. The molecule has 1 aromatic rings. The van der Waals surface area contributed by atoms with Gasteiger partial charge < -0.3 is 0 Å². The monoisotopic (exact) mass is 249 g/mol. The molecule has 0 aromatic carbocycles. The first-order chi connectivity index (χ1) is 5.65. The molecule has 0 aliphatic heterocycles. The van der Waals surface area contributed by atoms with E-state index in [2.05, 4.69) is 31.8 Å². The third kappa shape index (κ3) is 2.02.